The Balaban J connectivity index is 2.48. The van der Waals surface area contributed by atoms with Gasteiger partial charge in [-0.05, 0) is 31.2 Å². The number of rotatable bonds is 6. The van der Waals surface area contributed by atoms with E-state index in [9.17, 15) is 9.59 Å². The van der Waals surface area contributed by atoms with Crippen molar-refractivity contribution in [3.8, 4) is 11.5 Å². The maximum atomic E-state index is 10.6. The predicted molar refractivity (Wildman–Crippen MR) is 54.2 cm³/mol. The summed E-state index contributed by atoms with van der Waals surface area (Å²) >= 11 is 0. The van der Waals surface area contributed by atoms with Gasteiger partial charge in [-0.3, -0.25) is 9.59 Å². The highest BCUT2D eigenvalue weighted by molar-refractivity contribution is 5.77. The third kappa shape index (κ3) is 4.26. The fourth-order valence-corrected chi connectivity index (χ4v) is 0.947. The van der Waals surface area contributed by atoms with Crippen LogP contribution in [0.3, 0.4) is 0 Å². The van der Waals surface area contributed by atoms with E-state index in [0.717, 1.165) is 0 Å². The average Bonchev–Trinajstić information content (AvgIpc) is 2.25. The molecule has 0 spiro atoms. The molecule has 0 fully saturated rings. The molecule has 0 atom stereocenters. The van der Waals surface area contributed by atoms with Crippen LogP contribution in [0.1, 0.15) is 6.92 Å². The van der Waals surface area contributed by atoms with Gasteiger partial charge in [-0.15, -0.1) is 0 Å². The maximum absolute atomic E-state index is 10.6. The van der Waals surface area contributed by atoms with Gasteiger partial charge in [0.25, 0.3) is 0 Å². The number of ketones is 1. The highest BCUT2D eigenvalue weighted by atomic mass is 16.5. The molecule has 4 nitrogen and oxygen atoms in total. The van der Waals surface area contributed by atoms with E-state index in [0.29, 0.717) is 17.8 Å². The van der Waals surface area contributed by atoms with Crippen LogP contribution in [0, 0.1) is 0 Å². The Kier molecular flexibility index (Phi) is 4.34. The molecule has 0 aliphatic heterocycles. The first kappa shape index (κ1) is 11.2. The number of benzene rings is 1. The number of aldehydes is 1. The molecule has 0 saturated carbocycles. The smallest absolute Gasteiger partial charge is 0.167 e. The molecule has 0 aliphatic rings. The molecule has 15 heavy (non-hydrogen) atoms. The van der Waals surface area contributed by atoms with Gasteiger partial charge in [0.1, 0.15) is 24.7 Å². The average molecular weight is 208 g/mol. The maximum Gasteiger partial charge on any atom is 0.167 e. The van der Waals surface area contributed by atoms with E-state index < -0.39 is 0 Å². The number of carbonyl (C=O) groups excluding carboxylic acids is 2. The Labute approximate surface area is 87.8 Å². The van der Waals surface area contributed by atoms with Gasteiger partial charge in [-0.25, -0.2) is 0 Å². The van der Waals surface area contributed by atoms with E-state index >= 15 is 0 Å². The lowest BCUT2D eigenvalue weighted by atomic mass is 10.3. The first-order valence-electron chi connectivity index (χ1n) is 4.51. The number of Topliss-reactive ketones (excluding diaryl/α,β-unsaturated/α-hetero) is 1. The molecule has 1 aromatic carbocycles. The summed E-state index contributed by atoms with van der Waals surface area (Å²) in [6, 6.07) is 6.73. The Bertz CT molecular complexity index is 329. The van der Waals surface area contributed by atoms with Crippen LogP contribution in [-0.4, -0.2) is 25.3 Å². The first-order valence-corrected chi connectivity index (χ1v) is 4.51. The lowest BCUT2D eigenvalue weighted by Gasteiger charge is -2.05. The molecule has 0 radical (unpaired) electrons. The van der Waals surface area contributed by atoms with Gasteiger partial charge in [-0.1, -0.05) is 0 Å². The molecule has 1 rings (SSSR count). The predicted octanol–water partition coefficient (Wildman–Crippen LogP) is 1.23. The zero-order chi connectivity index (χ0) is 11.1. The van der Waals surface area contributed by atoms with Gasteiger partial charge in [-0.2, -0.15) is 0 Å². The zero-order valence-corrected chi connectivity index (χ0v) is 8.43. The van der Waals surface area contributed by atoms with Crippen molar-refractivity contribution in [3.63, 3.8) is 0 Å². The molecular formula is C11H12O4. The summed E-state index contributed by atoms with van der Waals surface area (Å²) in [7, 11) is 0. The van der Waals surface area contributed by atoms with Crippen LogP contribution in [0.2, 0.25) is 0 Å². The molecule has 80 valence electrons. The van der Waals surface area contributed by atoms with Crippen LogP contribution in [0.25, 0.3) is 0 Å². The third-order valence-electron chi connectivity index (χ3n) is 1.58. The van der Waals surface area contributed by atoms with Crippen LogP contribution in [0.4, 0.5) is 0 Å². The van der Waals surface area contributed by atoms with Gasteiger partial charge in [0.2, 0.25) is 0 Å². The molecule has 0 unspecified atom stereocenters. The number of ether oxygens (including phenoxy) is 2. The minimum atomic E-state index is -0.0312. The van der Waals surface area contributed by atoms with Crippen molar-refractivity contribution < 1.29 is 19.1 Å². The Morgan fingerprint density at radius 1 is 1.20 bits per heavy atom. The second kappa shape index (κ2) is 5.80. The van der Waals surface area contributed by atoms with Crippen LogP contribution >= 0.6 is 0 Å². The Morgan fingerprint density at radius 3 is 2.20 bits per heavy atom. The largest absolute Gasteiger partial charge is 0.486 e. The van der Waals surface area contributed by atoms with Crippen molar-refractivity contribution in [1.29, 1.82) is 0 Å². The standard InChI is InChI=1S/C11H12O4/c1-9(13)8-15-11-4-2-10(3-5-11)14-7-6-12/h2-6H,7-8H2,1H3. The van der Waals surface area contributed by atoms with Gasteiger partial charge in [0.15, 0.2) is 12.1 Å². The van der Waals surface area contributed by atoms with E-state index in [1.165, 1.54) is 6.92 Å². The number of hydrogen-bond donors (Lipinski definition) is 0. The van der Waals surface area contributed by atoms with Crippen molar-refractivity contribution in [3.05, 3.63) is 24.3 Å². The zero-order valence-electron chi connectivity index (χ0n) is 8.43. The molecule has 0 aliphatic carbocycles. The number of hydrogen-bond acceptors (Lipinski definition) is 4. The van der Waals surface area contributed by atoms with Crippen molar-refractivity contribution >= 4 is 12.1 Å². The van der Waals surface area contributed by atoms with E-state index in [1.54, 1.807) is 24.3 Å². The minimum absolute atomic E-state index is 0.0312. The Morgan fingerprint density at radius 2 is 1.73 bits per heavy atom. The quantitative estimate of drug-likeness (QED) is 0.660. The van der Waals surface area contributed by atoms with Crippen LogP contribution < -0.4 is 9.47 Å². The first-order chi connectivity index (χ1) is 7.22. The van der Waals surface area contributed by atoms with Gasteiger partial charge in [0.05, 0.1) is 0 Å². The van der Waals surface area contributed by atoms with E-state index in [4.69, 9.17) is 9.47 Å². The van der Waals surface area contributed by atoms with E-state index in [2.05, 4.69) is 0 Å². The minimum Gasteiger partial charge on any atom is -0.486 e. The topological polar surface area (TPSA) is 52.6 Å². The van der Waals surface area contributed by atoms with Gasteiger partial charge < -0.3 is 9.47 Å². The van der Waals surface area contributed by atoms with E-state index in [-0.39, 0.29) is 19.0 Å². The molecule has 0 aromatic heterocycles. The van der Waals surface area contributed by atoms with Crippen LogP contribution in [0.5, 0.6) is 11.5 Å². The summed E-state index contributed by atoms with van der Waals surface area (Å²) in [5, 5.41) is 0. The lowest BCUT2D eigenvalue weighted by molar-refractivity contribution is -0.119. The molecule has 0 saturated heterocycles. The Hall–Kier alpha value is -1.84. The summed E-state index contributed by atoms with van der Waals surface area (Å²) in [5.41, 5.74) is 0. The second-order valence-electron chi connectivity index (χ2n) is 2.94. The third-order valence-corrected chi connectivity index (χ3v) is 1.58. The normalized spacial score (nSPS) is 9.40. The molecule has 0 N–H and O–H groups in total. The summed E-state index contributed by atoms with van der Waals surface area (Å²) in [4.78, 5) is 20.7. The van der Waals surface area contributed by atoms with Crippen molar-refractivity contribution in [1.82, 2.24) is 0 Å². The molecule has 1 aromatic rings. The summed E-state index contributed by atoms with van der Waals surface area (Å²) in [6.45, 7) is 1.56. The van der Waals surface area contributed by atoms with E-state index in [1.807, 2.05) is 0 Å². The van der Waals surface area contributed by atoms with Crippen LogP contribution in [0.15, 0.2) is 24.3 Å². The van der Waals surface area contributed by atoms with Crippen molar-refractivity contribution in [2.24, 2.45) is 0 Å². The summed E-state index contributed by atoms with van der Waals surface area (Å²) < 4.78 is 10.2. The highest BCUT2D eigenvalue weighted by Gasteiger charge is 1.97. The molecule has 0 heterocycles. The molecular weight excluding hydrogens is 196 g/mol. The van der Waals surface area contributed by atoms with Gasteiger partial charge in [0, 0.05) is 0 Å². The SMILES string of the molecule is CC(=O)COc1ccc(OCC=O)cc1. The summed E-state index contributed by atoms with van der Waals surface area (Å²) in [5.74, 6) is 1.16. The van der Waals surface area contributed by atoms with Crippen molar-refractivity contribution in [2.45, 2.75) is 6.92 Å². The number of carbonyl (C=O) groups is 2. The monoisotopic (exact) mass is 208 g/mol. The summed E-state index contributed by atoms with van der Waals surface area (Å²) in [6.07, 6.45) is 0.681. The van der Waals surface area contributed by atoms with Gasteiger partial charge >= 0.3 is 0 Å². The lowest BCUT2D eigenvalue weighted by Crippen LogP contribution is -2.06. The highest BCUT2D eigenvalue weighted by Crippen LogP contribution is 2.17. The molecule has 0 amide bonds. The van der Waals surface area contributed by atoms with Crippen LogP contribution in [-0.2, 0) is 9.59 Å². The fourth-order valence-electron chi connectivity index (χ4n) is 0.947. The fraction of sp³-hybridized carbons (Fsp3) is 0.273. The molecule has 0 bridgehead atoms. The van der Waals surface area contributed by atoms with Crippen molar-refractivity contribution in [2.75, 3.05) is 13.2 Å². The second-order valence-corrected chi connectivity index (χ2v) is 2.94. The molecule has 4 heteroatoms.